The molecule has 18 heavy (non-hydrogen) atoms. The highest BCUT2D eigenvalue weighted by Gasteiger charge is 2.35. The summed E-state index contributed by atoms with van der Waals surface area (Å²) in [7, 11) is 2.00. The summed E-state index contributed by atoms with van der Waals surface area (Å²) in [6.07, 6.45) is 0.834. The molecule has 0 bridgehead atoms. The predicted molar refractivity (Wildman–Crippen MR) is 64.2 cm³/mol. The Bertz CT molecular complexity index is 334. The maximum atomic E-state index is 12.4. The minimum atomic E-state index is -0.883. The largest absolute Gasteiger partial charge is 0.481 e. The maximum Gasteiger partial charge on any atom is 0.305 e. The van der Waals surface area contributed by atoms with Crippen LogP contribution in [0.3, 0.4) is 0 Å². The number of carboxylic acids is 1. The lowest BCUT2D eigenvalue weighted by Gasteiger charge is -2.36. The van der Waals surface area contributed by atoms with Crippen molar-refractivity contribution in [1.29, 1.82) is 0 Å². The summed E-state index contributed by atoms with van der Waals surface area (Å²) >= 11 is 0. The smallest absolute Gasteiger partial charge is 0.305 e. The number of hydrogen-bond donors (Lipinski definition) is 1. The average molecular weight is 256 g/mol. The Morgan fingerprint density at radius 2 is 2.17 bits per heavy atom. The number of nitrogens with zero attached hydrogens (tertiary/aromatic N) is 2. The van der Waals surface area contributed by atoms with Crippen LogP contribution in [0.4, 0.5) is 0 Å². The fraction of sp³-hybridized carbons (Fsp3) is 0.833. The number of hydrogen-bond acceptors (Lipinski definition) is 4. The van der Waals surface area contributed by atoms with Gasteiger partial charge in [0.25, 0.3) is 0 Å². The molecule has 2 aliphatic heterocycles. The molecule has 2 atom stereocenters. The molecule has 2 rings (SSSR count). The minimum Gasteiger partial charge on any atom is -0.481 e. The number of carboxylic acid groups (broad SMARTS) is 1. The molecule has 1 amide bonds. The van der Waals surface area contributed by atoms with Gasteiger partial charge in [-0.05, 0) is 20.0 Å². The minimum absolute atomic E-state index is 0.0180. The van der Waals surface area contributed by atoms with Crippen molar-refractivity contribution >= 4 is 11.9 Å². The van der Waals surface area contributed by atoms with E-state index in [0.717, 1.165) is 19.5 Å². The monoisotopic (exact) mass is 256 g/mol. The van der Waals surface area contributed by atoms with Crippen LogP contribution in [0, 0.1) is 5.92 Å². The van der Waals surface area contributed by atoms with Gasteiger partial charge < -0.3 is 19.6 Å². The third-order valence-corrected chi connectivity index (χ3v) is 3.66. The Kier molecular flexibility index (Phi) is 4.19. The summed E-state index contributed by atoms with van der Waals surface area (Å²) in [4.78, 5) is 27.0. The molecule has 0 spiro atoms. The van der Waals surface area contributed by atoms with Crippen molar-refractivity contribution in [3.63, 3.8) is 0 Å². The van der Waals surface area contributed by atoms with Crippen LogP contribution in [0.2, 0.25) is 0 Å². The SMILES string of the molecule is CN1CCC(C(=O)N2CCOCC2CC(=O)O)C1. The zero-order chi connectivity index (χ0) is 13.1. The van der Waals surface area contributed by atoms with Crippen LogP contribution in [0.15, 0.2) is 0 Å². The van der Waals surface area contributed by atoms with E-state index in [0.29, 0.717) is 19.8 Å². The molecule has 2 saturated heterocycles. The third kappa shape index (κ3) is 3.00. The quantitative estimate of drug-likeness (QED) is 0.747. The number of ether oxygens (including phenoxy) is 1. The van der Waals surface area contributed by atoms with Gasteiger partial charge in [0.05, 0.1) is 31.6 Å². The molecule has 0 aromatic rings. The molecule has 102 valence electrons. The molecule has 0 radical (unpaired) electrons. The van der Waals surface area contributed by atoms with Crippen molar-refractivity contribution in [3.05, 3.63) is 0 Å². The third-order valence-electron chi connectivity index (χ3n) is 3.66. The second-order valence-electron chi connectivity index (χ2n) is 5.11. The van der Waals surface area contributed by atoms with Crippen LogP contribution in [-0.4, -0.2) is 72.7 Å². The molecule has 1 N–H and O–H groups in total. The van der Waals surface area contributed by atoms with E-state index in [1.807, 2.05) is 7.05 Å². The number of carbonyl (C=O) groups is 2. The van der Waals surface area contributed by atoms with Crippen LogP contribution in [0.1, 0.15) is 12.8 Å². The van der Waals surface area contributed by atoms with Crippen LogP contribution in [0.25, 0.3) is 0 Å². The lowest BCUT2D eigenvalue weighted by Crippen LogP contribution is -2.51. The summed E-state index contributed by atoms with van der Waals surface area (Å²) in [5, 5.41) is 8.87. The zero-order valence-electron chi connectivity index (χ0n) is 10.7. The summed E-state index contributed by atoms with van der Waals surface area (Å²) < 4.78 is 5.28. The van der Waals surface area contributed by atoms with Gasteiger partial charge in [0.2, 0.25) is 5.91 Å². The van der Waals surface area contributed by atoms with Crippen molar-refractivity contribution in [2.24, 2.45) is 5.92 Å². The van der Waals surface area contributed by atoms with Crippen LogP contribution in [-0.2, 0) is 14.3 Å². The van der Waals surface area contributed by atoms with E-state index in [-0.39, 0.29) is 24.3 Å². The second kappa shape index (κ2) is 5.67. The molecule has 0 aromatic heterocycles. The molecular formula is C12H20N2O4. The van der Waals surface area contributed by atoms with E-state index in [9.17, 15) is 9.59 Å². The van der Waals surface area contributed by atoms with Gasteiger partial charge in [-0.25, -0.2) is 0 Å². The highest BCUT2D eigenvalue weighted by Crippen LogP contribution is 2.21. The molecule has 0 aromatic carbocycles. The van der Waals surface area contributed by atoms with E-state index in [2.05, 4.69) is 4.90 Å². The molecular weight excluding hydrogens is 236 g/mol. The van der Waals surface area contributed by atoms with Gasteiger partial charge >= 0.3 is 5.97 Å². The summed E-state index contributed by atoms with van der Waals surface area (Å²) in [6, 6.07) is -0.311. The Morgan fingerprint density at radius 1 is 1.39 bits per heavy atom. The topological polar surface area (TPSA) is 70.1 Å². The number of likely N-dealkylation sites (tertiary alicyclic amines) is 1. The fourth-order valence-electron chi connectivity index (χ4n) is 2.69. The first-order valence-corrected chi connectivity index (χ1v) is 6.36. The average Bonchev–Trinajstić information content (AvgIpc) is 2.75. The Hall–Kier alpha value is -1.14. The first-order chi connectivity index (χ1) is 8.58. The molecule has 6 heteroatoms. The molecule has 2 unspecified atom stereocenters. The normalized spacial score (nSPS) is 29.5. The predicted octanol–water partition coefficient (Wildman–Crippen LogP) is -0.360. The van der Waals surface area contributed by atoms with Crippen LogP contribution in [0.5, 0.6) is 0 Å². The van der Waals surface area contributed by atoms with Gasteiger partial charge in [0.15, 0.2) is 0 Å². The Labute approximate surface area is 106 Å². The van der Waals surface area contributed by atoms with Gasteiger partial charge in [-0.1, -0.05) is 0 Å². The van der Waals surface area contributed by atoms with E-state index in [1.54, 1.807) is 4.90 Å². The summed E-state index contributed by atoms with van der Waals surface area (Å²) in [5.41, 5.74) is 0. The molecule has 0 aliphatic carbocycles. The standard InChI is InChI=1S/C12H20N2O4/c1-13-3-2-9(7-13)12(17)14-4-5-18-8-10(14)6-11(15)16/h9-10H,2-8H2,1H3,(H,15,16). The maximum absolute atomic E-state index is 12.4. The van der Waals surface area contributed by atoms with E-state index >= 15 is 0 Å². The molecule has 6 nitrogen and oxygen atoms in total. The van der Waals surface area contributed by atoms with E-state index in [1.165, 1.54) is 0 Å². The first kappa shape index (κ1) is 13.3. The first-order valence-electron chi connectivity index (χ1n) is 6.36. The Balaban J connectivity index is 1.99. The number of morpholine rings is 1. The van der Waals surface area contributed by atoms with Crippen LogP contribution >= 0.6 is 0 Å². The van der Waals surface area contributed by atoms with Crippen LogP contribution < -0.4 is 0 Å². The number of amides is 1. The van der Waals surface area contributed by atoms with E-state index in [4.69, 9.17) is 9.84 Å². The lowest BCUT2D eigenvalue weighted by molar-refractivity contribution is -0.148. The second-order valence-corrected chi connectivity index (χ2v) is 5.11. The van der Waals surface area contributed by atoms with Crippen molar-refractivity contribution in [1.82, 2.24) is 9.80 Å². The summed E-state index contributed by atoms with van der Waals surface area (Å²) in [5.74, 6) is -0.773. The lowest BCUT2D eigenvalue weighted by atomic mass is 10.0. The molecule has 2 heterocycles. The number of rotatable bonds is 3. The summed E-state index contributed by atoms with van der Waals surface area (Å²) in [6.45, 7) is 3.06. The molecule has 0 saturated carbocycles. The van der Waals surface area contributed by atoms with Crippen molar-refractivity contribution < 1.29 is 19.4 Å². The van der Waals surface area contributed by atoms with Gasteiger partial charge in [-0.3, -0.25) is 9.59 Å². The van der Waals surface area contributed by atoms with Gasteiger partial charge in [-0.2, -0.15) is 0 Å². The highest BCUT2D eigenvalue weighted by molar-refractivity contribution is 5.80. The fourth-order valence-corrected chi connectivity index (χ4v) is 2.69. The van der Waals surface area contributed by atoms with Crippen molar-refractivity contribution in [2.45, 2.75) is 18.9 Å². The molecule has 2 aliphatic rings. The van der Waals surface area contributed by atoms with Gasteiger partial charge in [-0.15, -0.1) is 0 Å². The Morgan fingerprint density at radius 3 is 2.78 bits per heavy atom. The number of aliphatic carboxylic acids is 1. The highest BCUT2D eigenvalue weighted by atomic mass is 16.5. The van der Waals surface area contributed by atoms with Gasteiger partial charge in [0.1, 0.15) is 0 Å². The number of carbonyl (C=O) groups excluding carboxylic acids is 1. The van der Waals surface area contributed by atoms with Crippen molar-refractivity contribution in [2.75, 3.05) is 39.9 Å². The zero-order valence-corrected chi connectivity index (χ0v) is 10.7. The van der Waals surface area contributed by atoms with Crippen molar-refractivity contribution in [3.8, 4) is 0 Å². The van der Waals surface area contributed by atoms with Gasteiger partial charge in [0, 0.05) is 13.1 Å². The van der Waals surface area contributed by atoms with E-state index < -0.39 is 5.97 Å². The molecule has 2 fully saturated rings.